The maximum Gasteiger partial charge on any atom is 0.125 e. The molecule has 156 valence electrons. The molecular weight excluding hydrogens is 332 g/mol. The van der Waals surface area contributed by atoms with E-state index in [0.29, 0.717) is 11.7 Å². The first-order valence-electron chi connectivity index (χ1n) is 11.3. The molecule has 0 aliphatic rings. The van der Waals surface area contributed by atoms with E-state index in [9.17, 15) is 5.11 Å². The van der Waals surface area contributed by atoms with Crippen LogP contribution in [0.3, 0.4) is 0 Å². The molecule has 0 aliphatic carbocycles. The van der Waals surface area contributed by atoms with Crippen LogP contribution in [0.4, 0.5) is 0 Å². The van der Waals surface area contributed by atoms with E-state index < -0.39 is 0 Å². The quantitative estimate of drug-likeness (QED) is 0.360. The average molecular weight is 377 g/mol. The Morgan fingerprint density at radius 3 is 2.15 bits per heavy atom. The summed E-state index contributed by atoms with van der Waals surface area (Å²) >= 11 is 0. The van der Waals surface area contributed by atoms with Crippen LogP contribution >= 0.6 is 0 Å². The SMILES string of the molecule is CCCCc1cc(O)cc(C)c1OC[C@@H](C)CCC[C@@H](C)CCCC(C)C. The molecule has 0 aromatic heterocycles. The smallest absolute Gasteiger partial charge is 0.125 e. The number of phenols is 1. The number of phenolic OH excluding ortho intramolecular Hbond substituents is 1. The predicted octanol–water partition coefficient (Wildman–Crippen LogP) is 7.69. The molecule has 0 saturated heterocycles. The molecule has 0 radical (unpaired) electrons. The molecule has 1 aromatic rings. The highest BCUT2D eigenvalue weighted by Crippen LogP contribution is 2.30. The molecule has 2 atom stereocenters. The number of unbranched alkanes of at least 4 members (excludes halogenated alkanes) is 1. The van der Waals surface area contributed by atoms with Crippen molar-refractivity contribution < 1.29 is 9.84 Å². The molecule has 1 aromatic carbocycles. The lowest BCUT2D eigenvalue weighted by molar-refractivity contribution is 0.242. The lowest BCUT2D eigenvalue weighted by Crippen LogP contribution is -2.11. The van der Waals surface area contributed by atoms with Crippen LogP contribution in [0.2, 0.25) is 0 Å². The van der Waals surface area contributed by atoms with Crippen molar-refractivity contribution in [1.82, 2.24) is 0 Å². The Balaban J connectivity index is 2.38. The highest BCUT2D eigenvalue weighted by molar-refractivity contribution is 5.46. The van der Waals surface area contributed by atoms with Crippen LogP contribution in [0.1, 0.15) is 97.1 Å². The second-order valence-electron chi connectivity index (χ2n) is 9.13. The van der Waals surface area contributed by atoms with Crippen molar-refractivity contribution in [2.45, 2.75) is 99.3 Å². The Morgan fingerprint density at radius 2 is 1.52 bits per heavy atom. The van der Waals surface area contributed by atoms with E-state index in [0.717, 1.165) is 54.6 Å². The average Bonchev–Trinajstić information content (AvgIpc) is 2.58. The largest absolute Gasteiger partial charge is 0.508 e. The van der Waals surface area contributed by atoms with E-state index >= 15 is 0 Å². The molecule has 0 spiro atoms. The number of aryl methyl sites for hydroxylation is 2. The van der Waals surface area contributed by atoms with Crippen molar-refractivity contribution in [1.29, 1.82) is 0 Å². The second kappa shape index (κ2) is 13.1. The third-order valence-corrected chi connectivity index (χ3v) is 5.52. The molecule has 0 heterocycles. The summed E-state index contributed by atoms with van der Waals surface area (Å²) in [5, 5.41) is 9.90. The van der Waals surface area contributed by atoms with Crippen molar-refractivity contribution in [2.75, 3.05) is 6.61 Å². The lowest BCUT2D eigenvalue weighted by atomic mass is 9.93. The number of hydrogen-bond acceptors (Lipinski definition) is 2. The van der Waals surface area contributed by atoms with Gasteiger partial charge >= 0.3 is 0 Å². The highest BCUT2D eigenvalue weighted by atomic mass is 16.5. The number of ether oxygens (including phenoxy) is 1. The standard InChI is InChI=1S/C25H44O2/c1-7-8-15-23-17-24(26)16-22(6)25(23)27-18-21(5)14-10-13-20(4)12-9-11-19(2)3/h16-17,19-21,26H,7-15,18H2,1-6H3/t20-,21-/m0/s1. The van der Waals surface area contributed by atoms with E-state index in [1.54, 1.807) is 0 Å². The first kappa shape index (κ1) is 23.9. The van der Waals surface area contributed by atoms with Gasteiger partial charge in [-0.2, -0.15) is 0 Å². The summed E-state index contributed by atoms with van der Waals surface area (Å²) in [6.45, 7) is 14.3. The number of benzene rings is 1. The van der Waals surface area contributed by atoms with Crippen LogP contribution in [0, 0.1) is 24.7 Å². The van der Waals surface area contributed by atoms with Crippen molar-refractivity contribution >= 4 is 0 Å². The molecule has 0 aliphatic heterocycles. The van der Waals surface area contributed by atoms with Gasteiger partial charge in [0.2, 0.25) is 0 Å². The maximum atomic E-state index is 9.90. The monoisotopic (exact) mass is 376 g/mol. The summed E-state index contributed by atoms with van der Waals surface area (Å²) in [7, 11) is 0. The van der Waals surface area contributed by atoms with Gasteiger partial charge in [0.1, 0.15) is 11.5 Å². The summed E-state index contributed by atoms with van der Waals surface area (Å²) in [4.78, 5) is 0. The molecule has 0 bridgehead atoms. The number of hydrogen-bond donors (Lipinski definition) is 1. The minimum absolute atomic E-state index is 0.352. The Kier molecular flexibility index (Phi) is 11.6. The third kappa shape index (κ3) is 10.1. The molecule has 1 rings (SSSR count). The fourth-order valence-corrected chi connectivity index (χ4v) is 3.73. The first-order chi connectivity index (χ1) is 12.8. The van der Waals surface area contributed by atoms with Crippen LogP contribution < -0.4 is 4.74 Å². The first-order valence-corrected chi connectivity index (χ1v) is 11.3. The minimum atomic E-state index is 0.352. The van der Waals surface area contributed by atoms with E-state index in [4.69, 9.17) is 4.74 Å². The summed E-state index contributed by atoms with van der Waals surface area (Å²) in [5.41, 5.74) is 2.20. The topological polar surface area (TPSA) is 29.5 Å². The molecule has 0 amide bonds. The zero-order chi connectivity index (χ0) is 20.2. The summed E-state index contributed by atoms with van der Waals surface area (Å²) in [6, 6.07) is 3.69. The molecular formula is C25H44O2. The third-order valence-electron chi connectivity index (χ3n) is 5.52. The molecule has 0 saturated carbocycles. The van der Waals surface area contributed by atoms with Gasteiger partial charge in [-0.25, -0.2) is 0 Å². The molecule has 27 heavy (non-hydrogen) atoms. The fraction of sp³-hybridized carbons (Fsp3) is 0.760. The van der Waals surface area contributed by atoms with Gasteiger partial charge in [0.25, 0.3) is 0 Å². The number of aromatic hydroxyl groups is 1. The van der Waals surface area contributed by atoms with Crippen molar-refractivity contribution in [3.8, 4) is 11.5 Å². The van der Waals surface area contributed by atoms with Crippen LogP contribution in [-0.2, 0) is 6.42 Å². The fourth-order valence-electron chi connectivity index (χ4n) is 3.73. The van der Waals surface area contributed by atoms with Crippen LogP contribution in [0.25, 0.3) is 0 Å². The van der Waals surface area contributed by atoms with Gasteiger partial charge < -0.3 is 9.84 Å². The molecule has 2 nitrogen and oxygen atoms in total. The Labute approximate surface area is 168 Å². The number of rotatable bonds is 14. The van der Waals surface area contributed by atoms with Crippen molar-refractivity contribution in [2.24, 2.45) is 17.8 Å². The summed E-state index contributed by atoms with van der Waals surface area (Å²) in [6.07, 6.45) is 11.2. The van der Waals surface area contributed by atoms with Crippen molar-refractivity contribution in [3.05, 3.63) is 23.3 Å². The molecule has 1 N–H and O–H groups in total. The zero-order valence-electron chi connectivity index (χ0n) is 18.8. The summed E-state index contributed by atoms with van der Waals surface area (Å²) in [5.74, 6) is 3.59. The van der Waals surface area contributed by atoms with Crippen LogP contribution in [0.15, 0.2) is 12.1 Å². The van der Waals surface area contributed by atoms with E-state index in [1.807, 2.05) is 19.1 Å². The second-order valence-corrected chi connectivity index (χ2v) is 9.13. The summed E-state index contributed by atoms with van der Waals surface area (Å²) < 4.78 is 6.22. The van der Waals surface area contributed by atoms with Crippen LogP contribution in [-0.4, -0.2) is 11.7 Å². The Bertz CT molecular complexity index is 521. The van der Waals surface area contributed by atoms with Gasteiger partial charge in [0.15, 0.2) is 0 Å². The Hall–Kier alpha value is -1.18. The van der Waals surface area contributed by atoms with Gasteiger partial charge in [-0.1, -0.05) is 73.1 Å². The highest BCUT2D eigenvalue weighted by Gasteiger charge is 2.12. The lowest BCUT2D eigenvalue weighted by Gasteiger charge is -2.19. The van der Waals surface area contributed by atoms with Crippen molar-refractivity contribution in [3.63, 3.8) is 0 Å². The molecule has 2 heteroatoms. The maximum absolute atomic E-state index is 9.90. The van der Waals surface area contributed by atoms with Gasteiger partial charge in [0.05, 0.1) is 6.61 Å². The zero-order valence-corrected chi connectivity index (χ0v) is 18.8. The molecule has 0 fully saturated rings. The van der Waals surface area contributed by atoms with Gasteiger partial charge in [-0.05, 0) is 67.2 Å². The van der Waals surface area contributed by atoms with Gasteiger partial charge in [-0.15, -0.1) is 0 Å². The van der Waals surface area contributed by atoms with Gasteiger partial charge in [-0.3, -0.25) is 0 Å². The van der Waals surface area contributed by atoms with E-state index in [2.05, 4.69) is 34.6 Å². The van der Waals surface area contributed by atoms with Crippen LogP contribution in [0.5, 0.6) is 11.5 Å². The molecule has 0 unspecified atom stereocenters. The minimum Gasteiger partial charge on any atom is -0.508 e. The van der Waals surface area contributed by atoms with E-state index in [-0.39, 0.29) is 0 Å². The van der Waals surface area contributed by atoms with Gasteiger partial charge in [0, 0.05) is 0 Å². The normalized spacial score (nSPS) is 13.7. The predicted molar refractivity (Wildman–Crippen MR) is 118 cm³/mol. The Morgan fingerprint density at radius 1 is 0.889 bits per heavy atom. The van der Waals surface area contributed by atoms with E-state index in [1.165, 1.54) is 38.5 Å².